The van der Waals surface area contributed by atoms with Crippen LogP contribution in [0.3, 0.4) is 0 Å². The Morgan fingerprint density at radius 1 is 1.48 bits per heavy atom. The Morgan fingerprint density at radius 3 is 2.70 bits per heavy atom. The Labute approximate surface area is 138 Å². The molecule has 6 nitrogen and oxygen atoms in total. The molecule has 1 aromatic heterocycles. The zero-order valence-electron chi connectivity index (χ0n) is 15.0. The van der Waals surface area contributed by atoms with E-state index in [-0.39, 0.29) is 35.6 Å². The van der Waals surface area contributed by atoms with E-state index in [0.29, 0.717) is 12.5 Å². The maximum Gasteiger partial charge on any atom is 0.315 e. The van der Waals surface area contributed by atoms with E-state index in [1.165, 1.54) is 0 Å². The van der Waals surface area contributed by atoms with Crippen LogP contribution in [0.1, 0.15) is 59.6 Å². The number of urea groups is 1. The number of aromatic nitrogens is 1. The van der Waals surface area contributed by atoms with Crippen molar-refractivity contribution in [3.8, 4) is 0 Å². The van der Waals surface area contributed by atoms with Gasteiger partial charge in [-0.1, -0.05) is 34.6 Å². The lowest BCUT2D eigenvalue weighted by Gasteiger charge is -2.51. The van der Waals surface area contributed by atoms with E-state index < -0.39 is 0 Å². The molecule has 1 aromatic rings. The van der Waals surface area contributed by atoms with Gasteiger partial charge in [0.15, 0.2) is 0 Å². The predicted molar refractivity (Wildman–Crippen MR) is 88.2 cm³/mol. The summed E-state index contributed by atoms with van der Waals surface area (Å²) in [5, 5.41) is 5.80. The molecule has 0 radical (unpaired) electrons. The number of oxazole rings is 1. The molecule has 1 aliphatic rings. The van der Waals surface area contributed by atoms with Gasteiger partial charge in [0.2, 0.25) is 5.89 Å². The van der Waals surface area contributed by atoms with Crippen molar-refractivity contribution < 1.29 is 13.9 Å². The predicted octanol–water partition coefficient (Wildman–Crippen LogP) is 2.97. The largest absolute Gasteiger partial charge is 0.443 e. The first-order valence-corrected chi connectivity index (χ1v) is 8.25. The molecule has 2 N–H and O–H groups in total. The number of nitrogens with one attached hydrogen (secondary N) is 2. The highest BCUT2D eigenvalue weighted by molar-refractivity contribution is 5.74. The molecule has 1 heterocycles. The third-order valence-electron chi connectivity index (χ3n) is 4.54. The van der Waals surface area contributed by atoms with Crippen molar-refractivity contribution in [2.75, 3.05) is 6.61 Å². The molecule has 2 unspecified atom stereocenters. The van der Waals surface area contributed by atoms with Gasteiger partial charge in [0, 0.05) is 23.5 Å². The van der Waals surface area contributed by atoms with Gasteiger partial charge in [0.25, 0.3) is 0 Å². The van der Waals surface area contributed by atoms with Crippen molar-refractivity contribution in [2.45, 2.75) is 72.1 Å². The molecule has 0 saturated heterocycles. The number of carbonyl (C=O) groups excluding carboxylic acids is 1. The SMILES string of the molecule is CCOC1CC(NC(=O)NCc2ncc(C(C)(C)C)o2)C1(C)C. The number of carbonyl (C=O) groups is 1. The fourth-order valence-corrected chi connectivity index (χ4v) is 2.72. The third kappa shape index (κ3) is 4.05. The van der Waals surface area contributed by atoms with Crippen LogP contribution >= 0.6 is 0 Å². The van der Waals surface area contributed by atoms with Crippen LogP contribution in [-0.2, 0) is 16.7 Å². The summed E-state index contributed by atoms with van der Waals surface area (Å²) in [4.78, 5) is 16.2. The van der Waals surface area contributed by atoms with E-state index >= 15 is 0 Å². The molecule has 2 amide bonds. The fourth-order valence-electron chi connectivity index (χ4n) is 2.72. The summed E-state index contributed by atoms with van der Waals surface area (Å²) in [6.07, 6.45) is 2.77. The summed E-state index contributed by atoms with van der Waals surface area (Å²) < 4.78 is 11.3. The number of hydrogen-bond acceptors (Lipinski definition) is 4. The molecule has 0 aromatic carbocycles. The van der Waals surface area contributed by atoms with E-state index in [1.807, 2.05) is 6.92 Å². The Kier molecular flexibility index (Phi) is 5.04. The smallest absolute Gasteiger partial charge is 0.315 e. The van der Waals surface area contributed by atoms with Crippen molar-refractivity contribution in [1.82, 2.24) is 15.6 Å². The van der Waals surface area contributed by atoms with Gasteiger partial charge < -0.3 is 19.8 Å². The second-order valence-electron chi connectivity index (χ2n) is 7.75. The Hall–Kier alpha value is -1.56. The molecular formula is C17H29N3O3. The van der Waals surface area contributed by atoms with E-state index in [2.05, 4.69) is 50.2 Å². The van der Waals surface area contributed by atoms with E-state index in [0.717, 1.165) is 12.2 Å². The summed E-state index contributed by atoms with van der Waals surface area (Å²) >= 11 is 0. The minimum atomic E-state index is -0.200. The van der Waals surface area contributed by atoms with Crippen LogP contribution in [0.15, 0.2) is 10.6 Å². The van der Waals surface area contributed by atoms with Crippen LogP contribution in [-0.4, -0.2) is 29.8 Å². The summed E-state index contributed by atoms with van der Waals surface area (Å²) in [5.41, 5.74) is -0.132. The lowest BCUT2D eigenvalue weighted by molar-refractivity contribution is -0.110. The molecule has 2 rings (SSSR count). The first kappa shape index (κ1) is 17.8. The molecule has 1 saturated carbocycles. The minimum absolute atomic E-state index is 0.0459. The van der Waals surface area contributed by atoms with Crippen LogP contribution in [0.25, 0.3) is 0 Å². The molecular weight excluding hydrogens is 294 g/mol. The Morgan fingerprint density at radius 2 is 2.17 bits per heavy atom. The molecule has 130 valence electrons. The molecule has 0 aliphatic heterocycles. The lowest BCUT2D eigenvalue weighted by Crippen LogP contribution is -2.63. The number of ether oxygens (including phenoxy) is 1. The normalized spacial score (nSPS) is 23.2. The second kappa shape index (κ2) is 6.51. The molecule has 6 heteroatoms. The molecule has 1 aliphatic carbocycles. The van der Waals surface area contributed by atoms with Crippen molar-refractivity contribution in [2.24, 2.45) is 5.41 Å². The van der Waals surface area contributed by atoms with Gasteiger partial charge in [0.05, 0.1) is 18.8 Å². The molecule has 2 atom stereocenters. The maximum atomic E-state index is 12.0. The van der Waals surface area contributed by atoms with Crippen molar-refractivity contribution in [3.63, 3.8) is 0 Å². The highest BCUT2D eigenvalue weighted by atomic mass is 16.5. The Balaban J connectivity index is 1.79. The number of amides is 2. The van der Waals surface area contributed by atoms with E-state index in [1.54, 1.807) is 6.20 Å². The standard InChI is InChI=1S/C17H29N3O3/c1-7-22-12-8-11(17(12,5)6)20-15(21)19-10-14-18-9-13(23-14)16(2,3)4/h9,11-12H,7-8,10H2,1-6H3,(H2,19,20,21). The first-order valence-electron chi connectivity index (χ1n) is 8.25. The lowest BCUT2D eigenvalue weighted by atomic mass is 9.64. The molecule has 0 bridgehead atoms. The van der Waals surface area contributed by atoms with Gasteiger partial charge in [-0.2, -0.15) is 0 Å². The second-order valence-corrected chi connectivity index (χ2v) is 7.75. The van der Waals surface area contributed by atoms with Gasteiger partial charge in [-0.25, -0.2) is 9.78 Å². The quantitative estimate of drug-likeness (QED) is 0.873. The summed E-state index contributed by atoms with van der Waals surface area (Å²) in [5.74, 6) is 1.33. The summed E-state index contributed by atoms with van der Waals surface area (Å²) in [6, 6.07) is -0.0812. The van der Waals surface area contributed by atoms with Crippen molar-refractivity contribution in [1.29, 1.82) is 0 Å². The number of rotatable bonds is 5. The highest BCUT2D eigenvalue weighted by Gasteiger charge is 2.49. The van der Waals surface area contributed by atoms with Crippen LogP contribution < -0.4 is 10.6 Å². The third-order valence-corrected chi connectivity index (χ3v) is 4.54. The fraction of sp³-hybridized carbons (Fsp3) is 0.765. The van der Waals surface area contributed by atoms with Crippen molar-refractivity contribution >= 4 is 6.03 Å². The molecule has 1 fully saturated rings. The van der Waals surface area contributed by atoms with Crippen LogP contribution in [0, 0.1) is 5.41 Å². The van der Waals surface area contributed by atoms with Gasteiger partial charge in [0.1, 0.15) is 5.76 Å². The molecule has 23 heavy (non-hydrogen) atoms. The van der Waals surface area contributed by atoms with Gasteiger partial charge in [-0.05, 0) is 13.3 Å². The average molecular weight is 323 g/mol. The monoisotopic (exact) mass is 323 g/mol. The zero-order valence-corrected chi connectivity index (χ0v) is 15.0. The average Bonchev–Trinajstić information content (AvgIpc) is 2.93. The topological polar surface area (TPSA) is 76.4 Å². The number of hydrogen-bond donors (Lipinski definition) is 2. The highest BCUT2D eigenvalue weighted by Crippen LogP contribution is 2.42. The van der Waals surface area contributed by atoms with Gasteiger partial charge in [-0.3, -0.25) is 0 Å². The van der Waals surface area contributed by atoms with Gasteiger partial charge >= 0.3 is 6.03 Å². The summed E-state index contributed by atoms with van der Waals surface area (Å²) in [6.45, 7) is 13.4. The number of nitrogens with zero attached hydrogens (tertiary/aromatic N) is 1. The first-order chi connectivity index (χ1) is 10.6. The van der Waals surface area contributed by atoms with E-state index in [4.69, 9.17) is 9.15 Å². The minimum Gasteiger partial charge on any atom is -0.443 e. The summed E-state index contributed by atoms with van der Waals surface area (Å²) in [7, 11) is 0. The van der Waals surface area contributed by atoms with Crippen LogP contribution in [0.5, 0.6) is 0 Å². The molecule has 0 spiro atoms. The maximum absolute atomic E-state index is 12.0. The zero-order chi connectivity index (χ0) is 17.3. The Bertz CT molecular complexity index is 546. The van der Waals surface area contributed by atoms with Gasteiger partial charge in [-0.15, -0.1) is 0 Å². The van der Waals surface area contributed by atoms with Crippen molar-refractivity contribution in [3.05, 3.63) is 17.8 Å². The van der Waals surface area contributed by atoms with E-state index in [9.17, 15) is 4.79 Å². The van der Waals surface area contributed by atoms with Crippen LogP contribution in [0.2, 0.25) is 0 Å². The van der Waals surface area contributed by atoms with Crippen LogP contribution in [0.4, 0.5) is 4.79 Å².